The van der Waals surface area contributed by atoms with Crippen LogP contribution in [0.25, 0.3) is 22.9 Å². The van der Waals surface area contributed by atoms with Crippen LogP contribution in [0.3, 0.4) is 0 Å². The average molecular weight is 673 g/mol. The topological polar surface area (TPSA) is 162 Å². The summed E-state index contributed by atoms with van der Waals surface area (Å²) in [5.74, 6) is -1.95. The second kappa shape index (κ2) is 15.7. The van der Waals surface area contributed by atoms with Crippen LogP contribution < -0.4 is 5.32 Å². The first kappa shape index (κ1) is 32.9. The number of halogens is 2. The van der Waals surface area contributed by atoms with Crippen LogP contribution in [-0.2, 0) is 32.0 Å². The Bertz CT molecular complexity index is 1890. The predicted molar refractivity (Wildman–Crippen MR) is 174 cm³/mol. The van der Waals surface area contributed by atoms with Gasteiger partial charge in [0.25, 0.3) is 0 Å². The van der Waals surface area contributed by atoms with Crippen molar-refractivity contribution in [3.8, 4) is 16.8 Å². The van der Waals surface area contributed by atoms with E-state index in [1.165, 1.54) is 17.1 Å². The van der Waals surface area contributed by atoms with Gasteiger partial charge in [-0.1, -0.05) is 77.8 Å². The molecule has 238 valence electrons. The van der Waals surface area contributed by atoms with Crippen LogP contribution in [-0.4, -0.2) is 60.0 Å². The second-order valence-corrected chi connectivity index (χ2v) is 11.0. The summed E-state index contributed by atoms with van der Waals surface area (Å²) >= 11 is 12.7. The molecule has 0 aliphatic carbocycles. The predicted octanol–water partition coefficient (Wildman–Crippen LogP) is 5.10. The number of esters is 1. The monoisotopic (exact) mass is 671 g/mol. The van der Waals surface area contributed by atoms with Crippen molar-refractivity contribution in [2.75, 3.05) is 6.61 Å². The number of aromatic nitrogens is 6. The minimum absolute atomic E-state index is 0.0153. The lowest BCUT2D eigenvalue weighted by Gasteiger charge is -2.18. The molecule has 0 bridgehead atoms. The largest absolute Gasteiger partial charge is 0.481 e. The Morgan fingerprint density at radius 1 is 0.957 bits per heavy atom. The third kappa shape index (κ3) is 9.28. The van der Waals surface area contributed by atoms with Crippen molar-refractivity contribution < 1.29 is 24.2 Å². The van der Waals surface area contributed by atoms with Gasteiger partial charge in [0, 0.05) is 22.2 Å². The Balaban J connectivity index is 1.36. The molecule has 5 rings (SSSR count). The molecule has 0 saturated heterocycles. The first-order chi connectivity index (χ1) is 22.7. The van der Waals surface area contributed by atoms with Crippen LogP contribution in [0.1, 0.15) is 34.8 Å². The summed E-state index contributed by atoms with van der Waals surface area (Å²) in [5, 5.41) is 32.2. The lowest BCUT2D eigenvalue weighted by molar-refractivity contribution is -0.145. The number of carbonyl (C=O) groups is 3. The van der Waals surface area contributed by atoms with E-state index in [1.54, 1.807) is 54.6 Å². The molecule has 1 atom stereocenters. The lowest BCUT2D eigenvalue weighted by Crippen LogP contribution is -2.29. The average Bonchev–Trinajstić information content (AvgIpc) is 3.60. The molecule has 5 aromatic rings. The molecule has 2 heterocycles. The van der Waals surface area contributed by atoms with Crippen molar-refractivity contribution in [1.82, 2.24) is 35.7 Å². The third-order valence-corrected chi connectivity index (χ3v) is 7.43. The van der Waals surface area contributed by atoms with Gasteiger partial charge >= 0.3 is 11.9 Å². The Labute approximate surface area is 279 Å². The molecule has 14 heteroatoms. The van der Waals surface area contributed by atoms with Crippen molar-refractivity contribution >= 4 is 47.1 Å². The van der Waals surface area contributed by atoms with Crippen LogP contribution >= 0.6 is 23.2 Å². The number of tetrazole rings is 1. The number of hydrogen-bond donors (Lipinski definition) is 2. The summed E-state index contributed by atoms with van der Waals surface area (Å²) in [5.41, 5.74) is 4.70. The molecule has 0 spiro atoms. The van der Waals surface area contributed by atoms with Gasteiger partial charge in [0.05, 0.1) is 30.3 Å². The molecular formula is C33H27Cl2N7O5. The summed E-state index contributed by atoms with van der Waals surface area (Å²) in [7, 11) is 0. The fourth-order valence-electron chi connectivity index (χ4n) is 4.64. The van der Waals surface area contributed by atoms with Crippen LogP contribution in [0, 0.1) is 0 Å². The Morgan fingerprint density at radius 2 is 1.74 bits per heavy atom. The van der Waals surface area contributed by atoms with Gasteiger partial charge in [-0.25, -0.2) is 0 Å². The highest BCUT2D eigenvalue weighted by molar-refractivity contribution is 6.32. The van der Waals surface area contributed by atoms with E-state index in [4.69, 9.17) is 33.0 Å². The summed E-state index contributed by atoms with van der Waals surface area (Å²) in [6.45, 7) is -0.188. The SMILES string of the molecule is O=C(O)CCOC(=O)Cc1ccc(-c2cc([C@H](Cc3ccccc3)NC(=O)/C=C/c3cc(Cl)ccc3-n3cnnn3)nnc2Cl)cc1. The normalized spacial score (nSPS) is 11.7. The molecule has 0 aliphatic heterocycles. The number of aliphatic carboxylic acids is 1. The smallest absolute Gasteiger partial charge is 0.310 e. The summed E-state index contributed by atoms with van der Waals surface area (Å²) in [6.07, 6.45) is 4.62. The molecule has 0 aliphatic rings. The molecular weight excluding hydrogens is 645 g/mol. The maximum Gasteiger partial charge on any atom is 0.310 e. The summed E-state index contributed by atoms with van der Waals surface area (Å²) < 4.78 is 6.44. The zero-order valence-corrected chi connectivity index (χ0v) is 26.2. The molecule has 47 heavy (non-hydrogen) atoms. The standard InChI is InChI=1S/C33H27Cl2N7O5/c34-25-11-12-29(42-20-36-40-41-42)24(18-25)10-13-30(43)37-27(16-21-4-2-1-3-5-21)28-19-26(33(35)39-38-28)23-8-6-22(7-9-23)17-32(46)47-15-14-31(44)45/h1-13,18-20,27H,14-17H2,(H,37,43)(H,44,45)/b13-10+/t27-/m0/s1. The fourth-order valence-corrected chi connectivity index (χ4v) is 5.02. The number of hydrogen-bond acceptors (Lipinski definition) is 9. The van der Waals surface area contributed by atoms with E-state index in [0.717, 1.165) is 11.1 Å². The van der Waals surface area contributed by atoms with Gasteiger partial charge in [-0.15, -0.1) is 10.2 Å². The molecule has 0 fully saturated rings. The van der Waals surface area contributed by atoms with E-state index in [1.807, 2.05) is 30.3 Å². The molecule has 2 aromatic heterocycles. The lowest BCUT2D eigenvalue weighted by atomic mass is 9.99. The first-order valence-electron chi connectivity index (χ1n) is 14.3. The first-order valence-corrected chi connectivity index (χ1v) is 15.1. The number of ether oxygens (including phenoxy) is 1. The van der Waals surface area contributed by atoms with E-state index in [0.29, 0.717) is 39.5 Å². The maximum atomic E-state index is 13.3. The molecule has 1 amide bonds. The third-order valence-electron chi connectivity index (χ3n) is 6.92. The van der Waals surface area contributed by atoms with Crippen LogP contribution in [0.4, 0.5) is 0 Å². The zero-order chi connectivity index (χ0) is 33.2. The van der Waals surface area contributed by atoms with Crippen molar-refractivity contribution in [3.63, 3.8) is 0 Å². The Kier molecular flexibility index (Phi) is 11.0. The number of benzene rings is 3. The minimum atomic E-state index is -1.04. The molecule has 3 aromatic carbocycles. The van der Waals surface area contributed by atoms with Crippen molar-refractivity contribution in [2.45, 2.75) is 25.3 Å². The van der Waals surface area contributed by atoms with Gasteiger partial charge in [-0.2, -0.15) is 9.78 Å². The Morgan fingerprint density at radius 3 is 2.47 bits per heavy atom. The van der Waals surface area contributed by atoms with E-state index in [-0.39, 0.29) is 30.5 Å². The van der Waals surface area contributed by atoms with Gasteiger partial charge in [-0.05, 0) is 63.9 Å². The second-order valence-electron chi connectivity index (χ2n) is 10.3. The highest BCUT2D eigenvalue weighted by atomic mass is 35.5. The molecule has 0 unspecified atom stereocenters. The van der Waals surface area contributed by atoms with Crippen LogP contribution in [0.15, 0.2) is 91.3 Å². The number of carbonyl (C=O) groups excluding carboxylic acids is 2. The van der Waals surface area contributed by atoms with Crippen LogP contribution in [0.2, 0.25) is 10.2 Å². The number of carboxylic acids is 1. The number of nitrogens with zero attached hydrogens (tertiary/aromatic N) is 6. The Hall–Kier alpha value is -5.46. The number of amides is 1. The van der Waals surface area contributed by atoms with Gasteiger partial charge in [-0.3, -0.25) is 14.4 Å². The van der Waals surface area contributed by atoms with E-state index in [9.17, 15) is 14.4 Å². The zero-order valence-electron chi connectivity index (χ0n) is 24.7. The van der Waals surface area contributed by atoms with Gasteiger partial charge in [0.1, 0.15) is 12.9 Å². The molecule has 12 nitrogen and oxygen atoms in total. The molecule has 2 N–H and O–H groups in total. The van der Waals surface area contributed by atoms with Gasteiger partial charge in [0.2, 0.25) is 5.91 Å². The fraction of sp³-hybridized carbons (Fsp3) is 0.152. The minimum Gasteiger partial charge on any atom is -0.481 e. The van der Waals surface area contributed by atoms with Crippen molar-refractivity contribution in [2.24, 2.45) is 0 Å². The van der Waals surface area contributed by atoms with E-state index in [2.05, 4.69) is 31.0 Å². The number of nitrogens with one attached hydrogen (secondary N) is 1. The van der Waals surface area contributed by atoms with Crippen LogP contribution in [0.5, 0.6) is 0 Å². The van der Waals surface area contributed by atoms with Gasteiger partial charge < -0.3 is 15.2 Å². The highest BCUT2D eigenvalue weighted by Crippen LogP contribution is 2.29. The molecule has 0 saturated carbocycles. The van der Waals surface area contributed by atoms with E-state index < -0.39 is 18.0 Å². The van der Waals surface area contributed by atoms with E-state index >= 15 is 0 Å². The van der Waals surface area contributed by atoms with Crippen molar-refractivity contribution in [1.29, 1.82) is 0 Å². The van der Waals surface area contributed by atoms with Crippen molar-refractivity contribution in [3.05, 3.63) is 124 Å². The molecule has 0 radical (unpaired) electrons. The number of rotatable bonds is 13. The maximum absolute atomic E-state index is 13.3. The quantitative estimate of drug-likeness (QED) is 0.127. The van der Waals surface area contributed by atoms with Gasteiger partial charge in [0.15, 0.2) is 5.15 Å². The highest BCUT2D eigenvalue weighted by Gasteiger charge is 2.19. The number of carboxylic acid groups (broad SMARTS) is 1. The summed E-state index contributed by atoms with van der Waals surface area (Å²) in [4.78, 5) is 36.0. The summed E-state index contributed by atoms with van der Waals surface area (Å²) in [6, 6.07) is 23.1.